The van der Waals surface area contributed by atoms with Crippen molar-refractivity contribution in [3.05, 3.63) is 28.0 Å². The monoisotopic (exact) mass is 277 g/mol. The Hall–Kier alpha value is -0.510. The van der Waals surface area contributed by atoms with Gasteiger partial charge in [0.1, 0.15) is 0 Å². The number of halogens is 3. The minimum absolute atomic E-state index is 0.0390. The van der Waals surface area contributed by atoms with Crippen molar-refractivity contribution < 1.29 is 9.13 Å². The maximum Gasteiger partial charge on any atom is 0.160 e. The Morgan fingerprint density at radius 2 is 2.06 bits per heavy atom. The fourth-order valence-electron chi connectivity index (χ4n) is 1.91. The molecule has 17 heavy (non-hydrogen) atoms. The summed E-state index contributed by atoms with van der Waals surface area (Å²) in [6.45, 7) is 1.63. The topological polar surface area (TPSA) is 21.3 Å². The molecule has 1 heterocycles. The molecule has 0 amide bonds. The molecule has 0 radical (unpaired) electrons. The average molecular weight is 278 g/mol. The first-order valence-electron chi connectivity index (χ1n) is 5.67. The minimum Gasteiger partial charge on any atom is -0.385 e. The molecule has 2 nitrogen and oxygen atoms in total. The van der Waals surface area contributed by atoms with Gasteiger partial charge in [-0.1, -0.05) is 23.2 Å². The molecule has 1 saturated heterocycles. The number of ether oxygens (including phenoxy) is 1. The standard InChI is InChI=1S/C12H14Cl2FNO/c13-10-6-8(7-11(14)12(10)15)16-4-3-9-2-1-5-17-9/h6-7,9,16H,1-5H2. The Bertz CT molecular complexity index is 371. The van der Waals surface area contributed by atoms with Gasteiger partial charge in [0.05, 0.1) is 16.1 Å². The van der Waals surface area contributed by atoms with Crippen molar-refractivity contribution in [1.29, 1.82) is 0 Å². The van der Waals surface area contributed by atoms with Crippen molar-refractivity contribution in [2.45, 2.75) is 25.4 Å². The van der Waals surface area contributed by atoms with Crippen LogP contribution in [0.5, 0.6) is 0 Å². The van der Waals surface area contributed by atoms with Crippen LogP contribution in [0.15, 0.2) is 12.1 Å². The summed E-state index contributed by atoms with van der Waals surface area (Å²) in [6.07, 6.45) is 3.53. The first-order chi connectivity index (χ1) is 8.16. The SMILES string of the molecule is Fc1c(Cl)cc(NCCC2CCCO2)cc1Cl. The van der Waals surface area contributed by atoms with Gasteiger partial charge in [-0.15, -0.1) is 0 Å². The highest BCUT2D eigenvalue weighted by Crippen LogP contribution is 2.27. The molecule has 0 bridgehead atoms. The summed E-state index contributed by atoms with van der Waals surface area (Å²) >= 11 is 11.4. The van der Waals surface area contributed by atoms with Gasteiger partial charge in [-0.2, -0.15) is 0 Å². The molecule has 1 atom stereocenters. The molecule has 0 spiro atoms. The Balaban J connectivity index is 1.86. The van der Waals surface area contributed by atoms with Gasteiger partial charge in [-0.05, 0) is 31.4 Å². The van der Waals surface area contributed by atoms with E-state index in [0.29, 0.717) is 6.10 Å². The molecule has 1 fully saturated rings. The van der Waals surface area contributed by atoms with E-state index in [2.05, 4.69) is 5.32 Å². The molecule has 1 aliphatic rings. The number of nitrogens with one attached hydrogen (secondary N) is 1. The molecule has 1 aromatic rings. The van der Waals surface area contributed by atoms with E-state index in [4.69, 9.17) is 27.9 Å². The van der Waals surface area contributed by atoms with Crippen LogP contribution < -0.4 is 5.32 Å². The first-order valence-corrected chi connectivity index (χ1v) is 6.42. The second-order valence-electron chi connectivity index (χ2n) is 4.10. The zero-order valence-electron chi connectivity index (χ0n) is 9.31. The summed E-state index contributed by atoms with van der Waals surface area (Å²) in [6, 6.07) is 3.08. The lowest BCUT2D eigenvalue weighted by Gasteiger charge is -2.11. The van der Waals surface area contributed by atoms with Crippen molar-refractivity contribution in [2.24, 2.45) is 0 Å². The fraction of sp³-hybridized carbons (Fsp3) is 0.500. The van der Waals surface area contributed by atoms with E-state index in [1.54, 1.807) is 0 Å². The van der Waals surface area contributed by atoms with Crippen LogP contribution in [0.1, 0.15) is 19.3 Å². The maximum atomic E-state index is 13.2. The van der Waals surface area contributed by atoms with Crippen LogP contribution in [0, 0.1) is 5.82 Å². The number of benzene rings is 1. The van der Waals surface area contributed by atoms with E-state index in [-0.39, 0.29) is 10.0 Å². The number of anilines is 1. The largest absolute Gasteiger partial charge is 0.385 e. The third-order valence-electron chi connectivity index (χ3n) is 2.80. The van der Waals surface area contributed by atoms with Crippen molar-refractivity contribution in [3.8, 4) is 0 Å². The first kappa shape index (κ1) is 12.9. The van der Waals surface area contributed by atoms with Crippen molar-refractivity contribution >= 4 is 28.9 Å². The van der Waals surface area contributed by atoms with Crippen LogP contribution in [0.4, 0.5) is 10.1 Å². The summed E-state index contributed by atoms with van der Waals surface area (Å²) in [5, 5.41) is 3.24. The van der Waals surface area contributed by atoms with Crippen LogP contribution >= 0.6 is 23.2 Å². The van der Waals surface area contributed by atoms with Crippen LogP contribution in [0.25, 0.3) is 0 Å². The van der Waals surface area contributed by atoms with Crippen molar-refractivity contribution in [3.63, 3.8) is 0 Å². The summed E-state index contributed by atoms with van der Waals surface area (Å²) in [5.74, 6) is -0.571. The molecule has 5 heteroatoms. The van der Waals surface area contributed by atoms with E-state index in [1.165, 1.54) is 12.1 Å². The van der Waals surface area contributed by atoms with Gasteiger partial charge < -0.3 is 10.1 Å². The number of hydrogen-bond donors (Lipinski definition) is 1. The summed E-state index contributed by atoms with van der Waals surface area (Å²) < 4.78 is 18.7. The second-order valence-corrected chi connectivity index (χ2v) is 4.92. The van der Waals surface area contributed by atoms with Gasteiger partial charge >= 0.3 is 0 Å². The maximum absolute atomic E-state index is 13.2. The lowest BCUT2D eigenvalue weighted by molar-refractivity contribution is 0.107. The van der Waals surface area contributed by atoms with Crippen LogP contribution in [-0.2, 0) is 4.74 Å². The van der Waals surface area contributed by atoms with Gasteiger partial charge in [0.15, 0.2) is 5.82 Å². The lowest BCUT2D eigenvalue weighted by atomic mass is 10.2. The van der Waals surface area contributed by atoms with Crippen molar-refractivity contribution in [2.75, 3.05) is 18.5 Å². The lowest BCUT2D eigenvalue weighted by Crippen LogP contribution is -2.12. The van der Waals surface area contributed by atoms with Gasteiger partial charge in [0.2, 0.25) is 0 Å². The molecule has 0 aromatic heterocycles. The van der Waals surface area contributed by atoms with E-state index < -0.39 is 5.82 Å². The Morgan fingerprint density at radius 3 is 2.65 bits per heavy atom. The molecule has 1 unspecified atom stereocenters. The fourth-order valence-corrected chi connectivity index (χ4v) is 2.39. The average Bonchev–Trinajstić information content (AvgIpc) is 2.79. The molecule has 1 N–H and O–H groups in total. The highest BCUT2D eigenvalue weighted by Gasteiger charge is 2.14. The molecular weight excluding hydrogens is 264 g/mol. The predicted octanol–water partition coefficient (Wildman–Crippen LogP) is 4.11. The Morgan fingerprint density at radius 1 is 1.35 bits per heavy atom. The van der Waals surface area contributed by atoms with E-state index in [1.807, 2.05) is 0 Å². The van der Waals surface area contributed by atoms with Gasteiger partial charge in [0.25, 0.3) is 0 Å². The molecular formula is C12H14Cl2FNO. The van der Waals surface area contributed by atoms with Crippen LogP contribution in [0.2, 0.25) is 10.0 Å². The highest BCUT2D eigenvalue weighted by molar-refractivity contribution is 6.35. The van der Waals surface area contributed by atoms with E-state index >= 15 is 0 Å². The molecule has 94 valence electrons. The van der Waals surface area contributed by atoms with E-state index in [9.17, 15) is 4.39 Å². The number of hydrogen-bond acceptors (Lipinski definition) is 2. The van der Waals surface area contributed by atoms with Crippen LogP contribution in [-0.4, -0.2) is 19.3 Å². The molecule has 1 aliphatic heterocycles. The van der Waals surface area contributed by atoms with Gasteiger partial charge in [0, 0.05) is 18.8 Å². The minimum atomic E-state index is -0.571. The quantitative estimate of drug-likeness (QED) is 0.837. The highest BCUT2D eigenvalue weighted by atomic mass is 35.5. The predicted molar refractivity (Wildman–Crippen MR) is 68.5 cm³/mol. The molecule has 1 aromatic carbocycles. The Labute approximate surface area is 110 Å². The molecule has 0 aliphatic carbocycles. The molecule has 2 rings (SSSR count). The third-order valence-corrected chi connectivity index (χ3v) is 3.35. The Kier molecular flexibility index (Phi) is 4.48. The van der Waals surface area contributed by atoms with Gasteiger partial charge in [-0.25, -0.2) is 4.39 Å². The van der Waals surface area contributed by atoms with Crippen LogP contribution in [0.3, 0.4) is 0 Å². The summed E-state index contributed by atoms with van der Waals surface area (Å²) in [5.41, 5.74) is 0.736. The summed E-state index contributed by atoms with van der Waals surface area (Å²) in [4.78, 5) is 0. The zero-order chi connectivity index (χ0) is 12.3. The molecule has 0 saturated carbocycles. The smallest absolute Gasteiger partial charge is 0.160 e. The zero-order valence-corrected chi connectivity index (χ0v) is 10.8. The number of rotatable bonds is 4. The summed E-state index contributed by atoms with van der Waals surface area (Å²) in [7, 11) is 0. The normalized spacial score (nSPS) is 19.6. The van der Waals surface area contributed by atoms with Crippen molar-refractivity contribution in [1.82, 2.24) is 0 Å². The second kappa shape index (κ2) is 5.89. The third kappa shape index (κ3) is 3.47. The van der Waals surface area contributed by atoms with Gasteiger partial charge in [-0.3, -0.25) is 0 Å². The van der Waals surface area contributed by atoms with E-state index in [0.717, 1.165) is 38.1 Å².